The van der Waals surface area contributed by atoms with Gasteiger partial charge in [0.15, 0.2) is 0 Å². The van der Waals surface area contributed by atoms with Crippen LogP contribution in [0.15, 0.2) is 48.5 Å². The zero-order valence-corrected chi connectivity index (χ0v) is 18.4. The van der Waals surface area contributed by atoms with E-state index in [4.69, 9.17) is 0 Å². The minimum Gasteiger partial charge on any atom is -0.372 e. The Bertz CT molecular complexity index is 999. The topological polar surface area (TPSA) is 108 Å². The van der Waals surface area contributed by atoms with Crippen LogP contribution in [0.1, 0.15) is 42.1 Å². The molecule has 0 atom stereocenters. The van der Waals surface area contributed by atoms with Crippen molar-refractivity contribution < 1.29 is 18.0 Å². The number of carbonyl (C=O) groups is 2. The molecule has 1 aliphatic rings. The molecule has 31 heavy (non-hydrogen) atoms. The summed E-state index contributed by atoms with van der Waals surface area (Å²) in [6.45, 7) is 4.01. The molecule has 9 heteroatoms. The molecule has 1 heterocycles. The molecule has 0 unspecified atom stereocenters. The van der Waals surface area contributed by atoms with Gasteiger partial charge in [-0.2, -0.15) is 0 Å². The summed E-state index contributed by atoms with van der Waals surface area (Å²) in [7, 11) is -3.92. The standard InChI is InChI=1S/C22H28N4O4S/c1-2-17-6-8-18(9-7-17)22(28)24-23-21(27)16-31(29,30)25-19-10-12-20(13-11-19)26-14-4-3-5-15-26/h6-13,25H,2-5,14-16H2,1H3,(H,23,27)(H,24,28). The Morgan fingerprint density at radius 2 is 1.55 bits per heavy atom. The molecule has 0 bridgehead atoms. The van der Waals surface area contributed by atoms with Crippen LogP contribution in [0.4, 0.5) is 11.4 Å². The zero-order chi connectivity index (χ0) is 22.3. The highest BCUT2D eigenvalue weighted by atomic mass is 32.2. The fourth-order valence-corrected chi connectivity index (χ4v) is 4.39. The molecule has 0 aliphatic carbocycles. The van der Waals surface area contributed by atoms with Crippen molar-refractivity contribution in [3.8, 4) is 0 Å². The van der Waals surface area contributed by atoms with E-state index in [1.54, 1.807) is 24.3 Å². The van der Waals surface area contributed by atoms with E-state index in [9.17, 15) is 18.0 Å². The van der Waals surface area contributed by atoms with E-state index in [0.29, 0.717) is 11.3 Å². The molecule has 166 valence electrons. The van der Waals surface area contributed by atoms with E-state index in [-0.39, 0.29) is 0 Å². The first-order valence-electron chi connectivity index (χ1n) is 10.4. The van der Waals surface area contributed by atoms with Crippen molar-refractivity contribution in [3.05, 3.63) is 59.7 Å². The third kappa shape index (κ3) is 6.71. The van der Waals surface area contributed by atoms with Gasteiger partial charge in [0.25, 0.3) is 11.8 Å². The summed E-state index contributed by atoms with van der Waals surface area (Å²) >= 11 is 0. The minimum absolute atomic E-state index is 0.368. The van der Waals surface area contributed by atoms with E-state index in [1.807, 2.05) is 31.2 Å². The Kier molecular flexibility index (Phi) is 7.51. The molecule has 3 N–H and O–H groups in total. The molecule has 3 rings (SSSR count). The van der Waals surface area contributed by atoms with Gasteiger partial charge < -0.3 is 4.90 Å². The average molecular weight is 445 g/mol. The number of hydrogen-bond donors (Lipinski definition) is 3. The summed E-state index contributed by atoms with van der Waals surface area (Å²) in [6.07, 6.45) is 4.40. The molecule has 0 radical (unpaired) electrons. The summed E-state index contributed by atoms with van der Waals surface area (Å²) in [4.78, 5) is 26.3. The van der Waals surface area contributed by atoms with Crippen molar-refractivity contribution >= 4 is 33.2 Å². The summed E-state index contributed by atoms with van der Waals surface area (Å²) in [5.74, 6) is -2.17. The van der Waals surface area contributed by atoms with Crippen molar-refractivity contribution in [2.75, 3.05) is 28.5 Å². The van der Waals surface area contributed by atoms with E-state index >= 15 is 0 Å². The number of rotatable bonds is 7. The van der Waals surface area contributed by atoms with Crippen LogP contribution in [0.5, 0.6) is 0 Å². The number of carbonyl (C=O) groups excluding carboxylic acids is 2. The van der Waals surface area contributed by atoms with Gasteiger partial charge in [0.05, 0.1) is 0 Å². The predicted octanol–water partition coefficient (Wildman–Crippen LogP) is 2.44. The largest absolute Gasteiger partial charge is 0.372 e. The summed E-state index contributed by atoms with van der Waals surface area (Å²) in [5.41, 5.74) is 7.26. The number of benzene rings is 2. The highest BCUT2D eigenvalue weighted by molar-refractivity contribution is 7.93. The van der Waals surface area contributed by atoms with Crippen LogP contribution >= 0.6 is 0 Å². The third-order valence-corrected chi connectivity index (χ3v) is 6.31. The lowest BCUT2D eigenvalue weighted by Gasteiger charge is -2.28. The lowest BCUT2D eigenvalue weighted by atomic mass is 10.1. The highest BCUT2D eigenvalue weighted by Crippen LogP contribution is 2.22. The molecule has 8 nitrogen and oxygen atoms in total. The number of sulfonamides is 1. The van der Waals surface area contributed by atoms with Gasteiger partial charge in [0, 0.05) is 30.0 Å². The first kappa shape index (κ1) is 22.6. The van der Waals surface area contributed by atoms with E-state index < -0.39 is 27.6 Å². The average Bonchev–Trinajstić information content (AvgIpc) is 2.78. The Balaban J connectivity index is 1.49. The number of piperidine rings is 1. The fourth-order valence-electron chi connectivity index (χ4n) is 3.41. The maximum absolute atomic E-state index is 12.3. The predicted molar refractivity (Wildman–Crippen MR) is 121 cm³/mol. The Hall–Kier alpha value is -3.07. The van der Waals surface area contributed by atoms with Crippen molar-refractivity contribution in [3.63, 3.8) is 0 Å². The molecule has 1 saturated heterocycles. The van der Waals surface area contributed by atoms with Crippen LogP contribution in [-0.4, -0.2) is 39.1 Å². The van der Waals surface area contributed by atoms with E-state index in [0.717, 1.165) is 43.6 Å². The van der Waals surface area contributed by atoms with Crippen molar-refractivity contribution in [2.45, 2.75) is 32.6 Å². The minimum atomic E-state index is -3.92. The normalized spacial score (nSPS) is 14.0. The second-order valence-corrected chi connectivity index (χ2v) is 9.23. The summed E-state index contributed by atoms with van der Waals surface area (Å²) in [6, 6.07) is 14.0. The molecule has 0 aromatic heterocycles. The van der Waals surface area contributed by atoms with Crippen molar-refractivity contribution in [1.82, 2.24) is 10.9 Å². The van der Waals surface area contributed by atoms with Crippen LogP contribution < -0.4 is 20.5 Å². The second kappa shape index (κ2) is 10.3. The first-order valence-corrected chi connectivity index (χ1v) is 12.0. The molecule has 2 aromatic carbocycles. The number of hydrazine groups is 1. The molecule has 0 spiro atoms. The molecule has 2 amide bonds. The lowest BCUT2D eigenvalue weighted by molar-refractivity contribution is -0.119. The molecule has 2 aromatic rings. The van der Waals surface area contributed by atoms with Crippen LogP contribution in [-0.2, 0) is 21.2 Å². The number of nitrogens with zero attached hydrogens (tertiary/aromatic N) is 1. The number of aryl methyl sites for hydroxylation is 1. The van der Waals surface area contributed by atoms with Gasteiger partial charge in [-0.15, -0.1) is 0 Å². The number of amides is 2. The van der Waals surface area contributed by atoms with E-state index in [2.05, 4.69) is 20.5 Å². The molecular formula is C22H28N4O4S. The number of anilines is 2. The Morgan fingerprint density at radius 1 is 0.903 bits per heavy atom. The molecule has 1 fully saturated rings. The number of hydrogen-bond acceptors (Lipinski definition) is 5. The van der Waals surface area contributed by atoms with Gasteiger partial charge in [0.1, 0.15) is 5.75 Å². The molecular weight excluding hydrogens is 416 g/mol. The van der Waals surface area contributed by atoms with Crippen LogP contribution in [0, 0.1) is 0 Å². The highest BCUT2D eigenvalue weighted by Gasteiger charge is 2.18. The zero-order valence-electron chi connectivity index (χ0n) is 17.6. The number of nitrogens with one attached hydrogen (secondary N) is 3. The first-order chi connectivity index (χ1) is 14.9. The summed E-state index contributed by atoms with van der Waals surface area (Å²) in [5, 5.41) is 0. The maximum atomic E-state index is 12.3. The Morgan fingerprint density at radius 3 is 2.16 bits per heavy atom. The van der Waals surface area contributed by atoms with Gasteiger partial charge in [-0.3, -0.25) is 25.2 Å². The lowest BCUT2D eigenvalue weighted by Crippen LogP contribution is -2.44. The van der Waals surface area contributed by atoms with Gasteiger partial charge >= 0.3 is 0 Å². The molecule has 0 saturated carbocycles. The molecule has 1 aliphatic heterocycles. The smallest absolute Gasteiger partial charge is 0.269 e. The monoisotopic (exact) mass is 444 g/mol. The van der Waals surface area contributed by atoms with Gasteiger partial charge in [-0.1, -0.05) is 19.1 Å². The van der Waals surface area contributed by atoms with Crippen molar-refractivity contribution in [2.24, 2.45) is 0 Å². The van der Waals surface area contributed by atoms with Crippen LogP contribution in [0.25, 0.3) is 0 Å². The maximum Gasteiger partial charge on any atom is 0.269 e. The van der Waals surface area contributed by atoms with Crippen molar-refractivity contribution in [1.29, 1.82) is 0 Å². The van der Waals surface area contributed by atoms with Gasteiger partial charge in [-0.25, -0.2) is 8.42 Å². The summed E-state index contributed by atoms with van der Waals surface area (Å²) < 4.78 is 27.0. The van der Waals surface area contributed by atoms with Crippen LogP contribution in [0.2, 0.25) is 0 Å². The Labute approximate surface area is 183 Å². The van der Waals surface area contributed by atoms with Gasteiger partial charge in [0.2, 0.25) is 10.0 Å². The second-order valence-electron chi connectivity index (χ2n) is 7.51. The SMILES string of the molecule is CCc1ccc(C(=O)NNC(=O)CS(=O)(=O)Nc2ccc(N3CCCCC3)cc2)cc1. The van der Waals surface area contributed by atoms with Gasteiger partial charge in [-0.05, 0) is 67.6 Å². The third-order valence-electron chi connectivity index (χ3n) is 5.12. The quantitative estimate of drug-likeness (QED) is 0.569. The van der Waals surface area contributed by atoms with Crippen LogP contribution in [0.3, 0.4) is 0 Å². The fraction of sp³-hybridized carbons (Fsp3) is 0.364. The van der Waals surface area contributed by atoms with E-state index in [1.165, 1.54) is 6.42 Å².